The van der Waals surface area contributed by atoms with Crippen molar-refractivity contribution in [2.24, 2.45) is 23.7 Å². The predicted molar refractivity (Wildman–Crippen MR) is 109 cm³/mol. The van der Waals surface area contributed by atoms with Crippen molar-refractivity contribution >= 4 is 0 Å². The van der Waals surface area contributed by atoms with E-state index < -0.39 is 0 Å². The van der Waals surface area contributed by atoms with Gasteiger partial charge >= 0.3 is 0 Å². The molecule has 0 amide bonds. The van der Waals surface area contributed by atoms with Gasteiger partial charge in [0.05, 0.1) is 0 Å². The third-order valence-corrected chi connectivity index (χ3v) is 6.81. The highest BCUT2D eigenvalue weighted by molar-refractivity contribution is 5.36. The number of benzene rings is 1. The van der Waals surface area contributed by atoms with Crippen LogP contribution in [-0.2, 0) is 6.42 Å². The zero-order valence-electron chi connectivity index (χ0n) is 16.4. The lowest BCUT2D eigenvalue weighted by Crippen LogP contribution is -2.25. The molecule has 0 atom stereocenters. The zero-order valence-corrected chi connectivity index (χ0v) is 16.4. The minimum Gasteiger partial charge on any atom is -0.0945 e. The van der Waals surface area contributed by atoms with Crippen molar-refractivity contribution in [3.63, 3.8) is 0 Å². The molecule has 0 saturated heterocycles. The van der Waals surface area contributed by atoms with E-state index in [4.69, 9.17) is 0 Å². The molecule has 136 valence electrons. The molecule has 0 spiro atoms. The van der Waals surface area contributed by atoms with E-state index in [-0.39, 0.29) is 0 Å². The summed E-state index contributed by atoms with van der Waals surface area (Å²) >= 11 is 0. The number of hydrogen-bond donors (Lipinski definition) is 0. The van der Waals surface area contributed by atoms with Gasteiger partial charge in [0, 0.05) is 11.5 Å². The Hall–Kier alpha value is -1.22. The molecule has 0 heteroatoms. The maximum Gasteiger partial charge on any atom is 0.0245 e. The molecule has 2 aliphatic rings. The summed E-state index contributed by atoms with van der Waals surface area (Å²) < 4.78 is 0. The van der Waals surface area contributed by atoms with Gasteiger partial charge in [-0.1, -0.05) is 63.5 Å². The average Bonchev–Trinajstić information content (AvgIpc) is 2.68. The summed E-state index contributed by atoms with van der Waals surface area (Å²) in [6.45, 7) is 4.54. The Morgan fingerprint density at radius 3 is 1.96 bits per heavy atom. The molecule has 0 heterocycles. The van der Waals surface area contributed by atoms with Crippen LogP contribution < -0.4 is 0 Å². The van der Waals surface area contributed by atoms with Gasteiger partial charge in [0.2, 0.25) is 0 Å². The average molecular weight is 337 g/mol. The molecule has 0 unspecified atom stereocenters. The summed E-state index contributed by atoms with van der Waals surface area (Å²) in [5.41, 5.74) is 2.59. The van der Waals surface area contributed by atoms with Crippen LogP contribution in [0.4, 0.5) is 0 Å². The topological polar surface area (TPSA) is 0 Å². The van der Waals surface area contributed by atoms with E-state index in [2.05, 4.69) is 50.0 Å². The number of hydrogen-bond acceptors (Lipinski definition) is 0. The van der Waals surface area contributed by atoms with Crippen LogP contribution in [-0.4, -0.2) is 0 Å². The summed E-state index contributed by atoms with van der Waals surface area (Å²) in [5, 5.41) is 0. The van der Waals surface area contributed by atoms with Crippen molar-refractivity contribution in [1.29, 1.82) is 0 Å². The smallest absolute Gasteiger partial charge is 0.0245 e. The highest BCUT2D eigenvalue weighted by Crippen LogP contribution is 2.42. The maximum absolute atomic E-state index is 3.57. The molecule has 0 N–H and O–H groups in total. The molecule has 0 bridgehead atoms. The Balaban J connectivity index is 1.44. The van der Waals surface area contributed by atoms with Crippen LogP contribution >= 0.6 is 0 Å². The van der Waals surface area contributed by atoms with Crippen LogP contribution in [0.1, 0.15) is 89.2 Å². The normalized spacial score (nSPS) is 29.7. The van der Waals surface area contributed by atoms with Crippen LogP contribution in [0.2, 0.25) is 0 Å². The van der Waals surface area contributed by atoms with Gasteiger partial charge in [-0.05, 0) is 80.4 Å². The van der Waals surface area contributed by atoms with Gasteiger partial charge in [-0.25, -0.2) is 0 Å². The van der Waals surface area contributed by atoms with Crippen molar-refractivity contribution in [3.05, 3.63) is 35.4 Å². The molecule has 2 aliphatic carbocycles. The molecule has 2 fully saturated rings. The van der Waals surface area contributed by atoms with Crippen LogP contribution in [0.25, 0.3) is 0 Å². The quantitative estimate of drug-likeness (QED) is 0.518. The van der Waals surface area contributed by atoms with Gasteiger partial charge in [-0.2, -0.15) is 0 Å². The van der Waals surface area contributed by atoms with Crippen LogP contribution in [0, 0.1) is 35.5 Å². The fourth-order valence-electron chi connectivity index (χ4n) is 5.10. The Kier molecular flexibility index (Phi) is 7.03. The first-order chi connectivity index (χ1) is 12.3. The lowest BCUT2D eigenvalue weighted by Gasteiger charge is -2.37. The van der Waals surface area contributed by atoms with Gasteiger partial charge in [0.15, 0.2) is 0 Å². The summed E-state index contributed by atoms with van der Waals surface area (Å²) in [6, 6.07) is 8.81. The second-order valence-electron chi connectivity index (χ2n) is 8.50. The molecule has 1 aromatic rings. The minimum absolute atomic E-state index is 0.638. The van der Waals surface area contributed by atoms with Crippen LogP contribution in [0.3, 0.4) is 0 Å². The predicted octanol–water partition coefficient (Wildman–Crippen LogP) is 7.01. The molecule has 25 heavy (non-hydrogen) atoms. The molecule has 1 aromatic carbocycles. The van der Waals surface area contributed by atoms with E-state index in [0.717, 1.165) is 24.2 Å². The summed E-state index contributed by atoms with van der Waals surface area (Å²) in [6.07, 6.45) is 15.5. The zero-order chi connectivity index (χ0) is 17.5. The van der Waals surface area contributed by atoms with E-state index in [0.29, 0.717) is 5.92 Å². The van der Waals surface area contributed by atoms with E-state index in [1.807, 2.05) is 0 Å². The second-order valence-corrected chi connectivity index (χ2v) is 8.50. The van der Waals surface area contributed by atoms with Gasteiger partial charge < -0.3 is 0 Å². The Labute approximate surface area is 155 Å². The molecular weight excluding hydrogens is 300 g/mol. The minimum atomic E-state index is 0.638. The standard InChI is InChI=1S/C25H36/c1-3-5-21-12-16-24(17-13-21)25-18-14-23(15-19-25)11-10-22-8-6-20(4-2)7-9-22/h6-9,21,23-25H,3-5,12-19H2,1-2H3. The first-order valence-corrected chi connectivity index (χ1v) is 10.9. The van der Waals surface area contributed by atoms with E-state index in [9.17, 15) is 0 Å². The number of rotatable bonds is 4. The molecule has 2 saturated carbocycles. The lowest BCUT2D eigenvalue weighted by molar-refractivity contribution is 0.154. The van der Waals surface area contributed by atoms with Gasteiger partial charge in [0.1, 0.15) is 0 Å². The van der Waals surface area contributed by atoms with Crippen molar-refractivity contribution in [3.8, 4) is 11.8 Å². The maximum atomic E-state index is 3.57. The first kappa shape index (κ1) is 18.6. The summed E-state index contributed by atoms with van der Waals surface area (Å²) in [7, 11) is 0. The monoisotopic (exact) mass is 336 g/mol. The van der Waals surface area contributed by atoms with E-state index >= 15 is 0 Å². The molecule has 3 rings (SSSR count). The highest BCUT2D eigenvalue weighted by Gasteiger charge is 2.30. The van der Waals surface area contributed by atoms with Gasteiger partial charge in [0.25, 0.3) is 0 Å². The second kappa shape index (κ2) is 9.47. The van der Waals surface area contributed by atoms with Crippen molar-refractivity contribution in [2.45, 2.75) is 84.5 Å². The Bertz CT molecular complexity index is 554. The van der Waals surface area contributed by atoms with E-state index in [1.54, 1.807) is 0 Å². The lowest BCUT2D eigenvalue weighted by atomic mass is 9.69. The van der Waals surface area contributed by atoms with Crippen LogP contribution in [0.15, 0.2) is 24.3 Å². The fourth-order valence-corrected chi connectivity index (χ4v) is 5.10. The molecule has 0 aliphatic heterocycles. The molecule has 0 aromatic heterocycles. The molecular formula is C25H36. The summed E-state index contributed by atoms with van der Waals surface area (Å²) in [5.74, 6) is 10.7. The third-order valence-electron chi connectivity index (χ3n) is 6.81. The molecule has 0 radical (unpaired) electrons. The van der Waals surface area contributed by atoms with Crippen molar-refractivity contribution in [1.82, 2.24) is 0 Å². The third kappa shape index (κ3) is 5.37. The van der Waals surface area contributed by atoms with Crippen LogP contribution in [0.5, 0.6) is 0 Å². The molecule has 0 nitrogen and oxygen atoms in total. The summed E-state index contributed by atoms with van der Waals surface area (Å²) in [4.78, 5) is 0. The fraction of sp³-hybridized carbons (Fsp3) is 0.680. The van der Waals surface area contributed by atoms with E-state index in [1.165, 1.54) is 75.3 Å². The Morgan fingerprint density at radius 2 is 1.40 bits per heavy atom. The Morgan fingerprint density at radius 1 is 0.800 bits per heavy atom. The van der Waals surface area contributed by atoms with Gasteiger partial charge in [-0.15, -0.1) is 0 Å². The van der Waals surface area contributed by atoms with Crippen molar-refractivity contribution < 1.29 is 0 Å². The first-order valence-electron chi connectivity index (χ1n) is 10.9. The van der Waals surface area contributed by atoms with Crippen molar-refractivity contribution in [2.75, 3.05) is 0 Å². The van der Waals surface area contributed by atoms with Gasteiger partial charge in [-0.3, -0.25) is 0 Å². The number of aryl methyl sites for hydroxylation is 1. The largest absolute Gasteiger partial charge is 0.0945 e. The SMILES string of the molecule is CCCC1CCC(C2CCC(C#Cc3ccc(CC)cc3)CC2)CC1. The highest BCUT2D eigenvalue weighted by atomic mass is 14.3.